The third-order valence-electron chi connectivity index (χ3n) is 4.81. The van der Waals surface area contributed by atoms with E-state index in [0.29, 0.717) is 0 Å². The number of carbonyl (C=O) groups is 1. The Bertz CT molecular complexity index is 660. The molecular weight excluding hydrogens is 312 g/mol. The number of methoxy groups -OCH3 is 1. The minimum Gasteiger partial charge on any atom is -0.468 e. The average Bonchev–Trinajstić information content (AvgIpc) is 2.85. The summed E-state index contributed by atoms with van der Waals surface area (Å²) in [5.41, 5.74) is 2.54. The second kappa shape index (κ2) is 8.79. The van der Waals surface area contributed by atoms with Gasteiger partial charge in [0.2, 0.25) is 0 Å². The van der Waals surface area contributed by atoms with Gasteiger partial charge >= 0.3 is 5.97 Å². The van der Waals surface area contributed by atoms with Gasteiger partial charge in [-0.2, -0.15) is 0 Å². The Kier molecular flexibility index (Phi) is 6.20. The highest BCUT2D eigenvalue weighted by Crippen LogP contribution is 2.18. The summed E-state index contributed by atoms with van der Waals surface area (Å²) in [5, 5.41) is 0. The Morgan fingerprint density at radius 3 is 2.12 bits per heavy atom. The van der Waals surface area contributed by atoms with Crippen LogP contribution < -0.4 is 0 Å². The van der Waals surface area contributed by atoms with Crippen LogP contribution in [0.2, 0.25) is 0 Å². The molecule has 1 atom stereocenters. The molecule has 4 nitrogen and oxygen atoms in total. The van der Waals surface area contributed by atoms with Gasteiger partial charge in [0.15, 0.2) is 0 Å². The molecule has 0 aliphatic carbocycles. The zero-order valence-electron chi connectivity index (χ0n) is 14.8. The second-order valence-corrected chi connectivity index (χ2v) is 6.55. The number of hydrogen-bond acceptors (Lipinski definition) is 4. The number of benzene rings is 2. The maximum absolute atomic E-state index is 12.3. The van der Waals surface area contributed by atoms with Crippen molar-refractivity contribution in [3.8, 4) is 0 Å². The molecule has 1 saturated heterocycles. The average molecular weight is 338 g/mol. The molecule has 1 heterocycles. The molecule has 1 fully saturated rings. The highest BCUT2D eigenvalue weighted by atomic mass is 16.5. The Hall–Kier alpha value is -2.17. The Balaban J connectivity index is 1.69. The summed E-state index contributed by atoms with van der Waals surface area (Å²) in [6, 6.07) is 20.7. The lowest BCUT2D eigenvalue weighted by Crippen LogP contribution is -2.41. The predicted octanol–water partition coefficient (Wildman–Crippen LogP) is 2.94. The Morgan fingerprint density at radius 2 is 1.52 bits per heavy atom. The van der Waals surface area contributed by atoms with Gasteiger partial charge in [-0.1, -0.05) is 60.7 Å². The van der Waals surface area contributed by atoms with Crippen LogP contribution in [0.15, 0.2) is 60.7 Å². The Morgan fingerprint density at radius 1 is 0.920 bits per heavy atom. The molecule has 25 heavy (non-hydrogen) atoms. The van der Waals surface area contributed by atoms with Gasteiger partial charge in [-0.15, -0.1) is 0 Å². The predicted molar refractivity (Wildman–Crippen MR) is 99.0 cm³/mol. The summed E-state index contributed by atoms with van der Waals surface area (Å²) in [4.78, 5) is 17.0. The van der Waals surface area contributed by atoms with Crippen molar-refractivity contribution in [2.75, 3.05) is 26.7 Å². The summed E-state index contributed by atoms with van der Waals surface area (Å²) < 4.78 is 5.07. The van der Waals surface area contributed by atoms with Crippen LogP contribution in [0.1, 0.15) is 17.5 Å². The number of nitrogens with zero attached hydrogens (tertiary/aromatic N) is 2. The zero-order chi connectivity index (χ0) is 17.5. The van der Waals surface area contributed by atoms with Crippen molar-refractivity contribution in [3.63, 3.8) is 0 Å². The number of esters is 1. The Labute approximate surface area is 150 Å². The molecule has 0 amide bonds. The molecule has 0 radical (unpaired) electrons. The number of rotatable bonds is 5. The van der Waals surface area contributed by atoms with E-state index in [1.54, 1.807) is 0 Å². The van der Waals surface area contributed by atoms with Gasteiger partial charge in [0.1, 0.15) is 6.04 Å². The van der Waals surface area contributed by atoms with Crippen LogP contribution >= 0.6 is 0 Å². The standard InChI is InChI=1S/C21H26N2O2/c1-25-21(24)20-12-13-22(16-18-8-4-2-5-9-18)14-15-23(20)17-19-10-6-3-7-11-19/h2-11,20H,12-17H2,1H3/t20-/m1/s1. The molecule has 0 aromatic heterocycles. The van der Waals surface area contributed by atoms with E-state index in [4.69, 9.17) is 4.74 Å². The maximum atomic E-state index is 12.3. The third kappa shape index (κ3) is 4.91. The first-order chi connectivity index (χ1) is 12.3. The van der Waals surface area contributed by atoms with Crippen molar-refractivity contribution in [3.05, 3.63) is 71.8 Å². The van der Waals surface area contributed by atoms with Gasteiger partial charge < -0.3 is 4.74 Å². The molecule has 2 aromatic rings. The van der Waals surface area contributed by atoms with Crippen molar-refractivity contribution < 1.29 is 9.53 Å². The molecule has 0 bridgehead atoms. The molecule has 132 valence electrons. The smallest absolute Gasteiger partial charge is 0.323 e. The number of hydrogen-bond donors (Lipinski definition) is 0. The molecule has 2 aromatic carbocycles. The van der Waals surface area contributed by atoms with E-state index in [1.807, 2.05) is 24.3 Å². The molecule has 0 unspecified atom stereocenters. The van der Waals surface area contributed by atoms with Crippen molar-refractivity contribution in [2.24, 2.45) is 0 Å². The monoisotopic (exact) mass is 338 g/mol. The normalized spacial score (nSPS) is 19.3. The summed E-state index contributed by atoms with van der Waals surface area (Å²) in [5.74, 6) is -0.127. The lowest BCUT2D eigenvalue weighted by atomic mass is 10.1. The van der Waals surface area contributed by atoms with Crippen LogP contribution in [-0.4, -0.2) is 48.6 Å². The fourth-order valence-corrected chi connectivity index (χ4v) is 3.43. The van der Waals surface area contributed by atoms with Gasteiger partial charge in [0, 0.05) is 32.7 Å². The van der Waals surface area contributed by atoms with Gasteiger partial charge in [-0.3, -0.25) is 14.6 Å². The van der Waals surface area contributed by atoms with Gasteiger partial charge in [-0.25, -0.2) is 0 Å². The van der Waals surface area contributed by atoms with E-state index in [2.05, 4.69) is 46.2 Å². The highest BCUT2D eigenvalue weighted by Gasteiger charge is 2.30. The van der Waals surface area contributed by atoms with Gasteiger partial charge in [-0.05, 0) is 17.5 Å². The van der Waals surface area contributed by atoms with Crippen LogP contribution in [0.4, 0.5) is 0 Å². The first-order valence-corrected chi connectivity index (χ1v) is 8.88. The zero-order valence-corrected chi connectivity index (χ0v) is 14.8. The van der Waals surface area contributed by atoms with E-state index in [0.717, 1.165) is 39.1 Å². The quantitative estimate of drug-likeness (QED) is 0.785. The van der Waals surface area contributed by atoms with E-state index in [1.165, 1.54) is 18.2 Å². The SMILES string of the molecule is COC(=O)[C@H]1CCN(Cc2ccccc2)CCN1Cc1ccccc1. The van der Waals surface area contributed by atoms with Crippen molar-refractivity contribution in [1.82, 2.24) is 9.80 Å². The second-order valence-electron chi connectivity index (χ2n) is 6.55. The third-order valence-corrected chi connectivity index (χ3v) is 4.81. The first kappa shape index (κ1) is 17.6. The summed E-state index contributed by atoms with van der Waals surface area (Å²) >= 11 is 0. The van der Waals surface area contributed by atoms with Crippen molar-refractivity contribution in [2.45, 2.75) is 25.6 Å². The van der Waals surface area contributed by atoms with Crippen molar-refractivity contribution >= 4 is 5.97 Å². The molecule has 3 rings (SSSR count). The van der Waals surface area contributed by atoms with Gasteiger partial charge in [0.25, 0.3) is 0 Å². The van der Waals surface area contributed by atoms with E-state index < -0.39 is 0 Å². The van der Waals surface area contributed by atoms with Crippen LogP contribution in [0.3, 0.4) is 0 Å². The van der Waals surface area contributed by atoms with Crippen LogP contribution in [0.5, 0.6) is 0 Å². The van der Waals surface area contributed by atoms with Crippen LogP contribution in [0.25, 0.3) is 0 Å². The minimum absolute atomic E-state index is 0.127. The molecule has 1 aliphatic heterocycles. The molecule has 0 spiro atoms. The summed E-state index contributed by atoms with van der Waals surface area (Å²) in [7, 11) is 1.48. The fourth-order valence-electron chi connectivity index (χ4n) is 3.43. The van der Waals surface area contributed by atoms with Crippen LogP contribution in [0, 0.1) is 0 Å². The van der Waals surface area contributed by atoms with Gasteiger partial charge in [0.05, 0.1) is 7.11 Å². The maximum Gasteiger partial charge on any atom is 0.323 e. The molecule has 1 aliphatic rings. The fraction of sp³-hybridized carbons (Fsp3) is 0.381. The topological polar surface area (TPSA) is 32.8 Å². The lowest BCUT2D eigenvalue weighted by molar-refractivity contribution is -0.147. The van der Waals surface area contributed by atoms with Crippen LogP contribution in [-0.2, 0) is 22.6 Å². The van der Waals surface area contributed by atoms with E-state index >= 15 is 0 Å². The molecular formula is C21H26N2O2. The van der Waals surface area contributed by atoms with E-state index in [-0.39, 0.29) is 12.0 Å². The summed E-state index contributed by atoms with van der Waals surface area (Å²) in [6.07, 6.45) is 0.798. The number of ether oxygens (including phenoxy) is 1. The minimum atomic E-state index is -0.175. The molecule has 0 N–H and O–H groups in total. The highest BCUT2D eigenvalue weighted by molar-refractivity contribution is 5.75. The lowest BCUT2D eigenvalue weighted by Gasteiger charge is -2.27. The van der Waals surface area contributed by atoms with E-state index in [9.17, 15) is 4.79 Å². The van der Waals surface area contributed by atoms with Crippen molar-refractivity contribution in [1.29, 1.82) is 0 Å². The molecule has 0 saturated carbocycles. The molecule has 4 heteroatoms. The summed E-state index contributed by atoms with van der Waals surface area (Å²) in [6.45, 7) is 4.42. The first-order valence-electron chi connectivity index (χ1n) is 8.88. The largest absolute Gasteiger partial charge is 0.468 e. The number of carbonyl (C=O) groups excluding carboxylic acids is 1.